The van der Waals surface area contributed by atoms with Gasteiger partial charge in [-0.05, 0) is 6.42 Å². The molecule has 0 aliphatic carbocycles. The van der Waals surface area contributed by atoms with Crippen molar-refractivity contribution in [2.45, 2.75) is 52.0 Å². The normalized spacial score (nSPS) is 10.7. The molecule has 0 aromatic carbocycles. The molecule has 4 nitrogen and oxygen atoms in total. The SMILES string of the molecule is CCCCCCCCn1c(O)c[nH]c1=O. The van der Waals surface area contributed by atoms with Gasteiger partial charge in [0.25, 0.3) is 0 Å². The molecule has 0 fully saturated rings. The lowest BCUT2D eigenvalue weighted by Gasteiger charge is -2.02. The van der Waals surface area contributed by atoms with Crippen LogP contribution in [0.15, 0.2) is 11.0 Å². The first kappa shape index (κ1) is 11.9. The maximum absolute atomic E-state index is 11.2. The first-order valence-corrected chi connectivity index (χ1v) is 5.73. The van der Waals surface area contributed by atoms with E-state index in [0.717, 1.165) is 12.8 Å². The van der Waals surface area contributed by atoms with E-state index in [9.17, 15) is 9.90 Å². The van der Waals surface area contributed by atoms with E-state index in [1.807, 2.05) is 0 Å². The van der Waals surface area contributed by atoms with E-state index >= 15 is 0 Å². The van der Waals surface area contributed by atoms with Crippen LogP contribution in [0.2, 0.25) is 0 Å². The summed E-state index contributed by atoms with van der Waals surface area (Å²) in [7, 11) is 0. The molecule has 86 valence electrons. The van der Waals surface area contributed by atoms with Crippen molar-refractivity contribution in [3.8, 4) is 5.88 Å². The number of imidazole rings is 1. The molecule has 0 radical (unpaired) electrons. The minimum atomic E-state index is -0.221. The van der Waals surface area contributed by atoms with E-state index < -0.39 is 0 Å². The lowest BCUT2D eigenvalue weighted by atomic mass is 10.1. The Morgan fingerprint density at radius 3 is 2.53 bits per heavy atom. The number of H-pyrrole nitrogens is 1. The molecule has 0 bridgehead atoms. The van der Waals surface area contributed by atoms with Crippen molar-refractivity contribution in [3.63, 3.8) is 0 Å². The number of hydrogen-bond donors (Lipinski definition) is 2. The molecule has 0 saturated carbocycles. The van der Waals surface area contributed by atoms with Gasteiger partial charge in [0.05, 0.1) is 6.20 Å². The molecule has 15 heavy (non-hydrogen) atoms. The number of nitrogens with one attached hydrogen (secondary N) is 1. The van der Waals surface area contributed by atoms with E-state index in [1.54, 1.807) is 0 Å². The number of nitrogens with zero attached hydrogens (tertiary/aromatic N) is 1. The zero-order valence-electron chi connectivity index (χ0n) is 9.33. The fraction of sp³-hybridized carbons (Fsp3) is 0.727. The summed E-state index contributed by atoms with van der Waals surface area (Å²) in [6.07, 6.45) is 8.43. The number of aromatic nitrogens is 2. The molecule has 0 saturated heterocycles. The minimum absolute atomic E-state index is 0.0357. The average molecular weight is 212 g/mol. The molecule has 0 spiro atoms. The first-order valence-electron chi connectivity index (χ1n) is 5.73. The smallest absolute Gasteiger partial charge is 0.328 e. The summed E-state index contributed by atoms with van der Waals surface area (Å²) >= 11 is 0. The van der Waals surface area contributed by atoms with Crippen molar-refractivity contribution in [2.75, 3.05) is 0 Å². The van der Waals surface area contributed by atoms with Crippen LogP contribution in [0, 0.1) is 0 Å². The fourth-order valence-electron chi connectivity index (χ4n) is 1.65. The highest BCUT2D eigenvalue weighted by atomic mass is 16.3. The van der Waals surface area contributed by atoms with Crippen molar-refractivity contribution < 1.29 is 5.11 Å². The third kappa shape index (κ3) is 3.81. The van der Waals surface area contributed by atoms with E-state index in [-0.39, 0.29) is 11.6 Å². The van der Waals surface area contributed by atoms with Crippen LogP contribution in [0.1, 0.15) is 45.4 Å². The van der Waals surface area contributed by atoms with Gasteiger partial charge in [0.15, 0.2) is 0 Å². The molecule has 0 unspecified atom stereocenters. The Balaban J connectivity index is 2.18. The van der Waals surface area contributed by atoms with Crippen LogP contribution in [-0.4, -0.2) is 14.7 Å². The van der Waals surface area contributed by atoms with Crippen LogP contribution in [0.25, 0.3) is 0 Å². The fourth-order valence-corrected chi connectivity index (χ4v) is 1.65. The van der Waals surface area contributed by atoms with Gasteiger partial charge in [-0.2, -0.15) is 0 Å². The van der Waals surface area contributed by atoms with E-state index in [0.29, 0.717) is 6.54 Å². The molecule has 1 aromatic rings. The Morgan fingerprint density at radius 2 is 1.93 bits per heavy atom. The Kier molecular flexibility index (Phi) is 5.01. The molecular formula is C11H20N2O2. The lowest BCUT2D eigenvalue weighted by molar-refractivity contribution is 0.405. The van der Waals surface area contributed by atoms with Gasteiger partial charge in [0.2, 0.25) is 5.88 Å². The number of rotatable bonds is 7. The second-order valence-electron chi connectivity index (χ2n) is 3.87. The van der Waals surface area contributed by atoms with Crippen LogP contribution < -0.4 is 5.69 Å². The van der Waals surface area contributed by atoms with Crippen LogP contribution in [0.3, 0.4) is 0 Å². The summed E-state index contributed by atoms with van der Waals surface area (Å²) in [5.41, 5.74) is -0.221. The molecule has 0 amide bonds. The highest BCUT2D eigenvalue weighted by molar-refractivity contribution is 5.02. The maximum atomic E-state index is 11.2. The highest BCUT2D eigenvalue weighted by Crippen LogP contribution is 2.08. The predicted molar refractivity (Wildman–Crippen MR) is 60.1 cm³/mol. The van der Waals surface area contributed by atoms with Gasteiger partial charge in [-0.25, -0.2) is 4.79 Å². The van der Waals surface area contributed by atoms with E-state index in [2.05, 4.69) is 11.9 Å². The van der Waals surface area contributed by atoms with Crippen molar-refractivity contribution in [2.24, 2.45) is 0 Å². The van der Waals surface area contributed by atoms with Crippen molar-refractivity contribution in [1.82, 2.24) is 9.55 Å². The van der Waals surface area contributed by atoms with Gasteiger partial charge in [-0.1, -0.05) is 39.0 Å². The van der Waals surface area contributed by atoms with Gasteiger partial charge in [-0.15, -0.1) is 0 Å². The summed E-state index contributed by atoms with van der Waals surface area (Å²) in [6, 6.07) is 0. The molecule has 0 aliphatic rings. The summed E-state index contributed by atoms with van der Waals surface area (Å²) in [5, 5.41) is 9.30. The molecular weight excluding hydrogens is 192 g/mol. The summed E-state index contributed by atoms with van der Waals surface area (Å²) in [4.78, 5) is 13.6. The van der Waals surface area contributed by atoms with E-state index in [1.165, 1.54) is 36.4 Å². The Labute approximate surface area is 89.9 Å². The standard InChI is InChI=1S/C11H20N2O2/c1-2-3-4-5-6-7-8-13-10(14)9-12-11(13)15/h9,14H,2-8H2,1H3,(H,12,15). The number of unbranched alkanes of at least 4 members (excludes halogenated alkanes) is 5. The van der Waals surface area contributed by atoms with Gasteiger partial charge in [0, 0.05) is 6.54 Å². The van der Waals surface area contributed by atoms with Gasteiger partial charge in [-0.3, -0.25) is 4.57 Å². The monoisotopic (exact) mass is 212 g/mol. The Hall–Kier alpha value is -1.19. The maximum Gasteiger partial charge on any atom is 0.328 e. The minimum Gasteiger partial charge on any atom is -0.493 e. The molecule has 1 aromatic heterocycles. The van der Waals surface area contributed by atoms with Crippen LogP contribution in [0.4, 0.5) is 0 Å². The van der Waals surface area contributed by atoms with E-state index in [4.69, 9.17) is 0 Å². The third-order valence-corrected chi connectivity index (χ3v) is 2.58. The molecule has 1 rings (SSSR count). The number of aromatic hydroxyl groups is 1. The zero-order chi connectivity index (χ0) is 11.1. The van der Waals surface area contributed by atoms with Crippen LogP contribution in [-0.2, 0) is 6.54 Å². The largest absolute Gasteiger partial charge is 0.493 e. The summed E-state index contributed by atoms with van der Waals surface area (Å²) in [6.45, 7) is 2.80. The number of hydrogen-bond acceptors (Lipinski definition) is 2. The number of aromatic amines is 1. The quantitative estimate of drug-likeness (QED) is 0.681. The first-order chi connectivity index (χ1) is 7.25. The van der Waals surface area contributed by atoms with Crippen molar-refractivity contribution in [3.05, 3.63) is 16.7 Å². The average Bonchev–Trinajstić information content (AvgIpc) is 2.54. The Morgan fingerprint density at radius 1 is 1.27 bits per heavy atom. The zero-order valence-corrected chi connectivity index (χ0v) is 9.33. The van der Waals surface area contributed by atoms with Crippen molar-refractivity contribution >= 4 is 0 Å². The Bertz CT molecular complexity index is 328. The summed E-state index contributed by atoms with van der Waals surface area (Å²) in [5.74, 6) is 0.0357. The van der Waals surface area contributed by atoms with Gasteiger partial charge < -0.3 is 10.1 Å². The van der Waals surface area contributed by atoms with Crippen molar-refractivity contribution in [1.29, 1.82) is 0 Å². The second-order valence-corrected chi connectivity index (χ2v) is 3.87. The second kappa shape index (κ2) is 6.32. The third-order valence-electron chi connectivity index (χ3n) is 2.58. The molecule has 0 aliphatic heterocycles. The molecule has 0 atom stereocenters. The highest BCUT2D eigenvalue weighted by Gasteiger charge is 2.02. The topological polar surface area (TPSA) is 58.0 Å². The van der Waals surface area contributed by atoms with Gasteiger partial charge in [0.1, 0.15) is 0 Å². The van der Waals surface area contributed by atoms with Gasteiger partial charge >= 0.3 is 5.69 Å². The molecule has 2 N–H and O–H groups in total. The molecule has 1 heterocycles. The lowest BCUT2D eigenvalue weighted by Crippen LogP contribution is -2.16. The predicted octanol–water partition coefficient (Wildman–Crippen LogP) is 2.24. The van der Waals surface area contributed by atoms with Crippen LogP contribution >= 0.6 is 0 Å². The molecule has 4 heteroatoms. The summed E-state index contributed by atoms with van der Waals surface area (Å²) < 4.78 is 1.37. The van der Waals surface area contributed by atoms with Crippen LogP contribution in [0.5, 0.6) is 5.88 Å².